The molecule has 1 aliphatic rings. The van der Waals surface area contributed by atoms with Gasteiger partial charge in [-0.15, -0.1) is 0 Å². The SMILES string of the molecule is COc1ccc(OC)c(-c2nn(-c3ccccc3)cc2CN2CC(C)C(N)C2)c1. The van der Waals surface area contributed by atoms with Gasteiger partial charge in [-0.1, -0.05) is 25.1 Å². The maximum Gasteiger partial charge on any atom is 0.128 e. The Bertz CT molecular complexity index is 960. The van der Waals surface area contributed by atoms with Gasteiger partial charge in [-0.3, -0.25) is 4.90 Å². The normalized spacial score (nSPS) is 19.4. The minimum atomic E-state index is 0.217. The number of aromatic nitrogens is 2. The summed E-state index contributed by atoms with van der Waals surface area (Å²) < 4.78 is 13.0. The average molecular weight is 393 g/mol. The molecule has 3 aromatic rings. The summed E-state index contributed by atoms with van der Waals surface area (Å²) in [6, 6.07) is 16.2. The Hall–Kier alpha value is -2.83. The van der Waals surface area contributed by atoms with Crippen molar-refractivity contribution in [2.75, 3.05) is 27.3 Å². The summed E-state index contributed by atoms with van der Waals surface area (Å²) in [6.45, 7) is 4.89. The zero-order valence-corrected chi connectivity index (χ0v) is 17.2. The second-order valence-corrected chi connectivity index (χ2v) is 7.68. The van der Waals surface area contributed by atoms with Gasteiger partial charge in [0, 0.05) is 43.0 Å². The summed E-state index contributed by atoms with van der Waals surface area (Å²) >= 11 is 0. The van der Waals surface area contributed by atoms with Gasteiger partial charge in [0.05, 0.1) is 19.9 Å². The van der Waals surface area contributed by atoms with Gasteiger partial charge in [0.15, 0.2) is 0 Å². The number of hydrogen-bond donors (Lipinski definition) is 1. The molecular weight excluding hydrogens is 364 g/mol. The summed E-state index contributed by atoms with van der Waals surface area (Å²) in [6.07, 6.45) is 2.11. The van der Waals surface area contributed by atoms with E-state index in [0.717, 1.165) is 53.6 Å². The molecule has 2 aromatic carbocycles. The largest absolute Gasteiger partial charge is 0.497 e. The maximum absolute atomic E-state index is 6.25. The number of benzene rings is 2. The molecule has 6 heteroatoms. The summed E-state index contributed by atoms with van der Waals surface area (Å²) in [5, 5.41) is 4.94. The molecule has 0 radical (unpaired) electrons. The van der Waals surface area contributed by atoms with E-state index >= 15 is 0 Å². The zero-order chi connectivity index (χ0) is 20.4. The second-order valence-electron chi connectivity index (χ2n) is 7.68. The minimum absolute atomic E-state index is 0.217. The van der Waals surface area contributed by atoms with Gasteiger partial charge in [-0.25, -0.2) is 4.68 Å². The van der Waals surface area contributed by atoms with Crippen molar-refractivity contribution < 1.29 is 9.47 Å². The van der Waals surface area contributed by atoms with Gasteiger partial charge < -0.3 is 15.2 Å². The molecule has 2 N–H and O–H groups in total. The topological polar surface area (TPSA) is 65.5 Å². The molecule has 29 heavy (non-hydrogen) atoms. The predicted molar refractivity (Wildman–Crippen MR) is 115 cm³/mol. The van der Waals surface area contributed by atoms with Gasteiger partial charge in [-0.05, 0) is 36.2 Å². The van der Waals surface area contributed by atoms with E-state index in [-0.39, 0.29) is 6.04 Å². The van der Waals surface area contributed by atoms with Crippen molar-refractivity contribution in [2.45, 2.75) is 19.5 Å². The van der Waals surface area contributed by atoms with Gasteiger partial charge in [0.25, 0.3) is 0 Å². The lowest BCUT2D eigenvalue weighted by Gasteiger charge is -2.16. The molecule has 1 aromatic heterocycles. The molecule has 0 bridgehead atoms. The number of nitrogens with two attached hydrogens (primary N) is 1. The monoisotopic (exact) mass is 392 g/mol. The Kier molecular flexibility index (Phi) is 5.56. The Morgan fingerprint density at radius 1 is 1.07 bits per heavy atom. The second kappa shape index (κ2) is 8.27. The average Bonchev–Trinajstić information content (AvgIpc) is 3.31. The number of ether oxygens (including phenoxy) is 2. The van der Waals surface area contributed by atoms with Crippen LogP contribution in [-0.4, -0.2) is 48.0 Å². The van der Waals surface area contributed by atoms with Gasteiger partial charge >= 0.3 is 0 Å². The van der Waals surface area contributed by atoms with E-state index in [9.17, 15) is 0 Å². The smallest absolute Gasteiger partial charge is 0.128 e. The Morgan fingerprint density at radius 3 is 2.52 bits per heavy atom. The van der Waals surface area contributed by atoms with E-state index in [4.69, 9.17) is 20.3 Å². The molecule has 2 unspecified atom stereocenters. The molecule has 1 saturated heterocycles. The summed E-state index contributed by atoms with van der Waals surface area (Å²) in [4.78, 5) is 2.40. The summed E-state index contributed by atoms with van der Waals surface area (Å²) in [5.74, 6) is 2.05. The first kappa shape index (κ1) is 19.5. The molecule has 0 amide bonds. The standard InChI is InChI=1S/C23H28N4O2/c1-16-12-26(15-21(16)24)13-17-14-27(18-7-5-4-6-8-18)25-23(17)20-11-19(28-2)9-10-22(20)29-3/h4-11,14,16,21H,12-13,15,24H2,1-3H3. The zero-order valence-electron chi connectivity index (χ0n) is 17.2. The summed E-state index contributed by atoms with van der Waals surface area (Å²) in [5.41, 5.74) is 10.2. The third kappa shape index (κ3) is 3.99. The minimum Gasteiger partial charge on any atom is -0.497 e. The molecule has 2 heterocycles. The van der Waals surface area contributed by atoms with Crippen LogP contribution in [0, 0.1) is 5.92 Å². The van der Waals surface area contributed by atoms with Crippen LogP contribution in [0.25, 0.3) is 16.9 Å². The Balaban J connectivity index is 1.78. The number of para-hydroxylation sites is 1. The van der Waals surface area contributed by atoms with E-state index in [1.165, 1.54) is 0 Å². The van der Waals surface area contributed by atoms with Crippen LogP contribution >= 0.6 is 0 Å². The Morgan fingerprint density at radius 2 is 1.86 bits per heavy atom. The van der Waals surface area contributed by atoms with Crippen LogP contribution in [0.1, 0.15) is 12.5 Å². The highest BCUT2D eigenvalue weighted by Gasteiger charge is 2.28. The van der Waals surface area contributed by atoms with Crippen LogP contribution in [0.3, 0.4) is 0 Å². The number of rotatable bonds is 6. The molecule has 1 fully saturated rings. The molecule has 0 saturated carbocycles. The predicted octanol–water partition coefficient (Wildman–Crippen LogP) is 3.34. The van der Waals surface area contributed by atoms with Gasteiger partial charge in [0.2, 0.25) is 0 Å². The lowest BCUT2D eigenvalue weighted by molar-refractivity contribution is 0.319. The van der Waals surface area contributed by atoms with Crippen LogP contribution in [0.2, 0.25) is 0 Å². The van der Waals surface area contributed by atoms with Crippen LogP contribution in [-0.2, 0) is 6.54 Å². The molecule has 0 spiro atoms. The van der Waals surface area contributed by atoms with Crippen molar-refractivity contribution in [3.8, 4) is 28.4 Å². The highest BCUT2D eigenvalue weighted by atomic mass is 16.5. The number of likely N-dealkylation sites (tertiary alicyclic amines) is 1. The first-order valence-electron chi connectivity index (χ1n) is 9.93. The molecule has 1 aliphatic heterocycles. The van der Waals surface area contributed by atoms with Crippen LogP contribution in [0.4, 0.5) is 0 Å². The van der Waals surface area contributed by atoms with Crippen molar-refractivity contribution >= 4 is 0 Å². The lowest BCUT2D eigenvalue weighted by atomic mass is 10.1. The van der Waals surface area contributed by atoms with E-state index in [1.54, 1.807) is 14.2 Å². The van der Waals surface area contributed by atoms with Crippen molar-refractivity contribution in [2.24, 2.45) is 11.7 Å². The van der Waals surface area contributed by atoms with Crippen molar-refractivity contribution in [3.05, 3.63) is 60.3 Å². The van der Waals surface area contributed by atoms with Gasteiger partial charge in [-0.2, -0.15) is 5.10 Å². The summed E-state index contributed by atoms with van der Waals surface area (Å²) in [7, 11) is 3.35. The van der Waals surface area contributed by atoms with E-state index in [0.29, 0.717) is 5.92 Å². The van der Waals surface area contributed by atoms with Crippen molar-refractivity contribution in [1.29, 1.82) is 0 Å². The van der Waals surface area contributed by atoms with E-state index in [2.05, 4.69) is 30.2 Å². The number of methoxy groups -OCH3 is 2. The molecule has 4 rings (SSSR count). The molecule has 0 aliphatic carbocycles. The molecular formula is C23H28N4O2. The van der Waals surface area contributed by atoms with Crippen molar-refractivity contribution in [1.82, 2.24) is 14.7 Å². The first-order valence-corrected chi connectivity index (χ1v) is 9.93. The fraction of sp³-hybridized carbons (Fsp3) is 0.348. The fourth-order valence-electron chi connectivity index (χ4n) is 3.93. The fourth-order valence-corrected chi connectivity index (χ4v) is 3.93. The quantitative estimate of drug-likeness (QED) is 0.697. The maximum atomic E-state index is 6.25. The highest BCUT2D eigenvalue weighted by Crippen LogP contribution is 2.35. The third-order valence-electron chi connectivity index (χ3n) is 5.61. The van der Waals surface area contributed by atoms with Crippen LogP contribution in [0.15, 0.2) is 54.7 Å². The van der Waals surface area contributed by atoms with E-state index < -0.39 is 0 Å². The molecule has 2 atom stereocenters. The molecule has 152 valence electrons. The van der Waals surface area contributed by atoms with E-state index in [1.807, 2.05) is 41.1 Å². The van der Waals surface area contributed by atoms with Crippen LogP contribution in [0.5, 0.6) is 11.5 Å². The number of hydrogen-bond acceptors (Lipinski definition) is 5. The lowest BCUT2D eigenvalue weighted by Crippen LogP contribution is -2.28. The Labute approximate surface area is 171 Å². The van der Waals surface area contributed by atoms with Crippen molar-refractivity contribution in [3.63, 3.8) is 0 Å². The number of nitrogens with zero attached hydrogens (tertiary/aromatic N) is 3. The van der Waals surface area contributed by atoms with Gasteiger partial charge in [0.1, 0.15) is 17.2 Å². The third-order valence-corrected chi connectivity index (χ3v) is 5.61. The molecule has 6 nitrogen and oxygen atoms in total. The highest BCUT2D eigenvalue weighted by molar-refractivity contribution is 5.72. The van der Waals surface area contributed by atoms with Crippen LogP contribution < -0.4 is 15.2 Å². The first-order chi connectivity index (χ1) is 14.1.